The average Bonchev–Trinajstić information content (AvgIpc) is 2.03. The van der Waals surface area contributed by atoms with E-state index in [1.54, 1.807) is 18.3 Å². The second-order valence-corrected chi connectivity index (χ2v) is 3.46. The van der Waals surface area contributed by atoms with Crippen LogP contribution in [-0.4, -0.2) is 11.6 Å². The Morgan fingerprint density at radius 3 is 2.92 bits per heavy atom. The molecule has 3 heteroatoms. The van der Waals surface area contributed by atoms with Crippen molar-refractivity contribution in [2.45, 2.75) is 20.3 Å². The van der Waals surface area contributed by atoms with Crippen molar-refractivity contribution in [3.63, 3.8) is 0 Å². The third-order valence-corrected chi connectivity index (χ3v) is 1.70. The Balaban J connectivity index is 2.37. The summed E-state index contributed by atoms with van der Waals surface area (Å²) in [5.74, 6) is 1.27. The number of rotatable bonds is 4. The van der Waals surface area contributed by atoms with Crippen molar-refractivity contribution in [3.05, 3.63) is 18.3 Å². The number of ether oxygens (including phenoxy) is 1. The van der Waals surface area contributed by atoms with Crippen LogP contribution in [0.1, 0.15) is 20.3 Å². The molecule has 72 valence electrons. The molecule has 3 nitrogen and oxygen atoms in total. The van der Waals surface area contributed by atoms with E-state index in [0.29, 0.717) is 24.1 Å². The monoisotopic (exact) mass is 180 g/mol. The van der Waals surface area contributed by atoms with E-state index < -0.39 is 0 Å². The minimum atomic E-state index is 0.612. The highest BCUT2D eigenvalue weighted by molar-refractivity contribution is 5.39. The lowest BCUT2D eigenvalue weighted by molar-refractivity contribution is 0.279. The maximum absolute atomic E-state index is 5.57. The zero-order valence-electron chi connectivity index (χ0n) is 8.16. The molecule has 0 aliphatic carbocycles. The fourth-order valence-electron chi connectivity index (χ4n) is 0.903. The van der Waals surface area contributed by atoms with Crippen LogP contribution in [-0.2, 0) is 0 Å². The van der Waals surface area contributed by atoms with Crippen LogP contribution in [0.2, 0.25) is 0 Å². The highest BCUT2D eigenvalue weighted by Gasteiger charge is 1.97. The van der Waals surface area contributed by atoms with Crippen LogP contribution < -0.4 is 10.5 Å². The van der Waals surface area contributed by atoms with Gasteiger partial charge in [-0.25, -0.2) is 4.98 Å². The van der Waals surface area contributed by atoms with Gasteiger partial charge in [0.25, 0.3) is 0 Å². The standard InChI is InChI=1S/C10H16N2O/c1-8(2)4-6-13-10-7-9(11)3-5-12-10/h3,5,7-8H,4,6H2,1-2H3,(H2,11,12). The molecule has 0 amide bonds. The van der Waals surface area contributed by atoms with E-state index >= 15 is 0 Å². The number of nitrogen functional groups attached to an aromatic ring is 1. The molecule has 0 bridgehead atoms. The zero-order chi connectivity index (χ0) is 9.68. The van der Waals surface area contributed by atoms with Crippen LogP contribution in [0.4, 0.5) is 5.69 Å². The molecule has 1 aromatic heterocycles. The molecule has 2 N–H and O–H groups in total. The first-order valence-corrected chi connectivity index (χ1v) is 4.53. The highest BCUT2D eigenvalue weighted by Crippen LogP contribution is 2.11. The summed E-state index contributed by atoms with van der Waals surface area (Å²) in [6.07, 6.45) is 2.69. The molecule has 1 aromatic rings. The van der Waals surface area contributed by atoms with E-state index in [2.05, 4.69) is 18.8 Å². The molecule has 0 aromatic carbocycles. The van der Waals surface area contributed by atoms with Crippen molar-refractivity contribution in [2.24, 2.45) is 5.92 Å². The summed E-state index contributed by atoms with van der Waals surface area (Å²) in [6.45, 7) is 5.03. The van der Waals surface area contributed by atoms with E-state index in [9.17, 15) is 0 Å². The number of nitrogens with zero attached hydrogens (tertiary/aromatic N) is 1. The molecule has 1 rings (SSSR count). The molecule has 1 heterocycles. The van der Waals surface area contributed by atoms with Gasteiger partial charge >= 0.3 is 0 Å². The normalized spacial score (nSPS) is 10.4. The third-order valence-electron chi connectivity index (χ3n) is 1.70. The van der Waals surface area contributed by atoms with Crippen molar-refractivity contribution in [2.75, 3.05) is 12.3 Å². The largest absolute Gasteiger partial charge is 0.478 e. The van der Waals surface area contributed by atoms with Crippen molar-refractivity contribution in [1.29, 1.82) is 0 Å². The Labute approximate surface area is 78.9 Å². The lowest BCUT2D eigenvalue weighted by Crippen LogP contribution is -2.02. The second-order valence-electron chi connectivity index (χ2n) is 3.46. The number of hydrogen-bond acceptors (Lipinski definition) is 3. The van der Waals surface area contributed by atoms with E-state index in [1.807, 2.05) is 0 Å². The smallest absolute Gasteiger partial charge is 0.215 e. The molecule has 0 aliphatic rings. The number of aromatic nitrogens is 1. The quantitative estimate of drug-likeness (QED) is 0.771. The third kappa shape index (κ3) is 3.78. The van der Waals surface area contributed by atoms with Crippen molar-refractivity contribution in [1.82, 2.24) is 4.98 Å². The fraction of sp³-hybridized carbons (Fsp3) is 0.500. The molecule has 0 radical (unpaired) electrons. The lowest BCUT2D eigenvalue weighted by Gasteiger charge is -2.06. The predicted molar refractivity (Wildman–Crippen MR) is 53.6 cm³/mol. The summed E-state index contributed by atoms with van der Waals surface area (Å²) in [4.78, 5) is 4.03. The van der Waals surface area contributed by atoms with E-state index in [4.69, 9.17) is 10.5 Å². The van der Waals surface area contributed by atoms with E-state index in [1.165, 1.54) is 0 Å². The first-order chi connectivity index (χ1) is 6.18. The van der Waals surface area contributed by atoms with Gasteiger partial charge in [-0.1, -0.05) is 13.8 Å². The van der Waals surface area contributed by atoms with Crippen LogP contribution in [0.25, 0.3) is 0 Å². The molecular weight excluding hydrogens is 164 g/mol. The summed E-state index contributed by atoms with van der Waals surface area (Å²) in [5, 5.41) is 0. The summed E-state index contributed by atoms with van der Waals surface area (Å²) in [6, 6.07) is 3.48. The number of anilines is 1. The van der Waals surface area contributed by atoms with Crippen LogP contribution in [0.3, 0.4) is 0 Å². The van der Waals surface area contributed by atoms with Crippen molar-refractivity contribution >= 4 is 5.69 Å². The van der Waals surface area contributed by atoms with Crippen LogP contribution in [0.5, 0.6) is 5.88 Å². The Hall–Kier alpha value is -1.25. The van der Waals surface area contributed by atoms with Gasteiger partial charge in [-0.2, -0.15) is 0 Å². The van der Waals surface area contributed by atoms with E-state index in [-0.39, 0.29) is 0 Å². The van der Waals surface area contributed by atoms with Gasteiger partial charge in [-0.15, -0.1) is 0 Å². The Morgan fingerprint density at radius 1 is 1.54 bits per heavy atom. The molecule has 0 spiro atoms. The van der Waals surface area contributed by atoms with Gasteiger partial charge in [-0.3, -0.25) is 0 Å². The first kappa shape index (κ1) is 9.84. The van der Waals surface area contributed by atoms with Gasteiger partial charge in [0.15, 0.2) is 0 Å². The van der Waals surface area contributed by atoms with Gasteiger partial charge < -0.3 is 10.5 Å². The molecule has 0 saturated carbocycles. The molecule has 0 atom stereocenters. The maximum Gasteiger partial charge on any atom is 0.215 e. The Kier molecular flexibility index (Phi) is 3.55. The number of pyridine rings is 1. The van der Waals surface area contributed by atoms with Crippen LogP contribution in [0, 0.1) is 5.92 Å². The summed E-state index contributed by atoms with van der Waals surface area (Å²) >= 11 is 0. The van der Waals surface area contributed by atoms with Crippen molar-refractivity contribution in [3.8, 4) is 5.88 Å². The minimum Gasteiger partial charge on any atom is -0.478 e. The van der Waals surface area contributed by atoms with Gasteiger partial charge in [0.05, 0.1) is 6.61 Å². The van der Waals surface area contributed by atoms with Gasteiger partial charge in [0.2, 0.25) is 5.88 Å². The number of hydrogen-bond donors (Lipinski definition) is 1. The van der Waals surface area contributed by atoms with Gasteiger partial charge in [-0.05, 0) is 18.4 Å². The Morgan fingerprint density at radius 2 is 2.31 bits per heavy atom. The lowest BCUT2D eigenvalue weighted by atomic mass is 10.1. The van der Waals surface area contributed by atoms with Crippen LogP contribution >= 0.6 is 0 Å². The van der Waals surface area contributed by atoms with Gasteiger partial charge in [0.1, 0.15) is 0 Å². The second kappa shape index (κ2) is 4.70. The summed E-state index contributed by atoms with van der Waals surface area (Å²) in [7, 11) is 0. The van der Waals surface area contributed by atoms with E-state index in [0.717, 1.165) is 6.42 Å². The molecule has 13 heavy (non-hydrogen) atoms. The van der Waals surface area contributed by atoms with Crippen LogP contribution in [0.15, 0.2) is 18.3 Å². The molecular formula is C10H16N2O. The molecule has 0 aliphatic heterocycles. The zero-order valence-corrected chi connectivity index (χ0v) is 8.16. The highest BCUT2D eigenvalue weighted by atomic mass is 16.5. The average molecular weight is 180 g/mol. The SMILES string of the molecule is CC(C)CCOc1cc(N)ccn1. The topological polar surface area (TPSA) is 48.1 Å². The Bertz CT molecular complexity index is 261. The minimum absolute atomic E-state index is 0.612. The fourth-order valence-corrected chi connectivity index (χ4v) is 0.903. The first-order valence-electron chi connectivity index (χ1n) is 4.53. The predicted octanol–water partition coefficient (Wildman–Crippen LogP) is 2.09. The maximum atomic E-state index is 5.57. The molecule has 0 unspecified atom stereocenters. The summed E-state index contributed by atoms with van der Waals surface area (Å²) in [5.41, 5.74) is 6.26. The molecule has 0 fully saturated rings. The van der Waals surface area contributed by atoms with Gasteiger partial charge in [0, 0.05) is 18.0 Å². The van der Waals surface area contributed by atoms with Crippen molar-refractivity contribution < 1.29 is 4.74 Å². The number of nitrogens with two attached hydrogens (primary N) is 1. The summed E-state index contributed by atoms with van der Waals surface area (Å²) < 4.78 is 5.41. The molecule has 0 saturated heterocycles.